The van der Waals surface area contributed by atoms with Gasteiger partial charge >= 0.3 is 0 Å². The zero-order valence-electron chi connectivity index (χ0n) is 20.8. The van der Waals surface area contributed by atoms with Gasteiger partial charge in [0.15, 0.2) is 17.2 Å². The maximum absolute atomic E-state index is 11.9. The predicted octanol–water partition coefficient (Wildman–Crippen LogP) is 6.29. The fraction of sp³-hybridized carbons (Fsp3) is 0.630. The molecule has 0 fully saturated rings. The molecule has 0 saturated carbocycles. The number of carbonyl (C=O) groups is 2. The first-order valence-corrected chi connectivity index (χ1v) is 12.9. The van der Waals surface area contributed by atoms with Gasteiger partial charge in [-0.2, -0.15) is 0 Å². The summed E-state index contributed by atoms with van der Waals surface area (Å²) in [5, 5.41) is 33.3. The summed E-state index contributed by atoms with van der Waals surface area (Å²) in [4.78, 5) is 23.8. The zero-order valence-corrected chi connectivity index (χ0v) is 20.8. The minimum Gasteiger partial charge on any atom is -0.504 e. The number of rotatable bonds is 19. The van der Waals surface area contributed by atoms with Crippen molar-refractivity contribution in [3.8, 4) is 17.2 Å². The summed E-state index contributed by atoms with van der Waals surface area (Å²) >= 11 is 0. The Labute approximate surface area is 204 Å². The molecule has 5 N–H and O–H groups in total. The van der Waals surface area contributed by atoms with Gasteiger partial charge in [0, 0.05) is 24.4 Å². The number of aromatic hydroxyl groups is 3. The molecular weight excluding hydrogens is 432 g/mol. The number of hydrogen-bond donors (Lipinski definition) is 5. The molecule has 2 amide bonds. The molecule has 0 bridgehead atoms. The van der Waals surface area contributed by atoms with Crippen molar-refractivity contribution < 1.29 is 24.9 Å². The van der Waals surface area contributed by atoms with Crippen LogP contribution in [0.4, 0.5) is 5.69 Å². The van der Waals surface area contributed by atoms with Crippen molar-refractivity contribution in [2.45, 2.75) is 103 Å². The molecule has 7 heteroatoms. The molecule has 1 aromatic carbocycles. The third kappa shape index (κ3) is 14.4. The summed E-state index contributed by atoms with van der Waals surface area (Å²) in [6, 6.07) is 2.19. The van der Waals surface area contributed by atoms with Gasteiger partial charge in [0.25, 0.3) is 0 Å². The summed E-state index contributed by atoms with van der Waals surface area (Å²) in [6.45, 7) is 2.79. The number of benzene rings is 1. The first-order chi connectivity index (χ1) is 16.4. The SMILES string of the molecule is CCCCCCCC/C=C\CCCCCCCCNC(=O)CC(=O)Nc1cc(O)c(O)c(O)c1. The number of amides is 2. The van der Waals surface area contributed by atoms with Crippen LogP contribution in [0.25, 0.3) is 0 Å². The predicted molar refractivity (Wildman–Crippen MR) is 137 cm³/mol. The van der Waals surface area contributed by atoms with Crippen LogP contribution in [-0.2, 0) is 9.59 Å². The molecule has 0 atom stereocenters. The molecule has 0 aromatic heterocycles. The van der Waals surface area contributed by atoms with Crippen molar-refractivity contribution in [3.63, 3.8) is 0 Å². The summed E-state index contributed by atoms with van der Waals surface area (Å²) < 4.78 is 0. The van der Waals surface area contributed by atoms with Crippen molar-refractivity contribution >= 4 is 17.5 Å². The lowest BCUT2D eigenvalue weighted by Gasteiger charge is -2.08. The van der Waals surface area contributed by atoms with Crippen LogP contribution < -0.4 is 10.6 Å². The minimum absolute atomic E-state index is 0.0962. The number of allylic oxidation sites excluding steroid dienone is 2. The van der Waals surface area contributed by atoms with Gasteiger partial charge in [-0.3, -0.25) is 9.59 Å². The van der Waals surface area contributed by atoms with Crippen molar-refractivity contribution in [2.75, 3.05) is 11.9 Å². The van der Waals surface area contributed by atoms with E-state index in [4.69, 9.17) is 0 Å². The molecule has 0 spiro atoms. The molecule has 0 aliphatic rings. The van der Waals surface area contributed by atoms with Crippen LogP contribution in [0.5, 0.6) is 17.2 Å². The highest BCUT2D eigenvalue weighted by molar-refractivity contribution is 6.03. The van der Waals surface area contributed by atoms with E-state index in [0.717, 1.165) is 37.8 Å². The van der Waals surface area contributed by atoms with E-state index in [2.05, 4.69) is 29.7 Å². The lowest BCUT2D eigenvalue weighted by atomic mass is 10.1. The summed E-state index contributed by atoms with van der Waals surface area (Å²) in [5.41, 5.74) is 0.0962. The Balaban J connectivity index is 1.95. The molecule has 0 aliphatic heterocycles. The average Bonchev–Trinajstić information content (AvgIpc) is 2.79. The van der Waals surface area contributed by atoms with Gasteiger partial charge in [-0.1, -0.05) is 76.9 Å². The van der Waals surface area contributed by atoms with E-state index >= 15 is 0 Å². The molecule has 0 saturated heterocycles. The number of hydrogen-bond acceptors (Lipinski definition) is 5. The minimum atomic E-state index is -0.661. The Morgan fingerprint density at radius 1 is 0.735 bits per heavy atom. The van der Waals surface area contributed by atoms with Crippen LogP contribution >= 0.6 is 0 Å². The molecule has 34 heavy (non-hydrogen) atoms. The van der Waals surface area contributed by atoms with Gasteiger partial charge in [0.1, 0.15) is 6.42 Å². The third-order valence-electron chi connectivity index (χ3n) is 5.69. The molecule has 192 valence electrons. The van der Waals surface area contributed by atoms with Gasteiger partial charge in [-0.15, -0.1) is 0 Å². The van der Waals surface area contributed by atoms with E-state index in [1.807, 2.05) is 0 Å². The Morgan fingerprint density at radius 3 is 1.79 bits per heavy atom. The smallest absolute Gasteiger partial charge is 0.233 e. The largest absolute Gasteiger partial charge is 0.504 e. The Hall–Kier alpha value is -2.70. The van der Waals surface area contributed by atoms with Gasteiger partial charge in [0.2, 0.25) is 11.8 Å². The van der Waals surface area contributed by atoms with E-state index in [1.54, 1.807) is 0 Å². The molecule has 7 nitrogen and oxygen atoms in total. The number of phenolic OH excluding ortho intramolecular Hbond substituents is 3. The molecule has 0 unspecified atom stereocenters. The average molecular weight is 477 g/mol. The van der Waals surface area contributed by atoms with Crippen LogP contribution in [0.2, 0.25) is 0 Å². The van der Waals surface area contributed by atoms with Crippen LogP contribution in [0, 0.1) is 0 Å². The molecule has 0 radical (unpaired) electrons. The van der Waals surface area contributed by atoms with Crippen LogP contribution in [-0.4, -0.2) is 33.7 Å². The first kappa shape index (κ1) is 29.3. The van der Waals surface area contributed by atoms with Crippen molar-refractivity contribution in [1.82, 2.24) is 5.32 Å². The number of anilines is 1. The second-order valence-electron chi connectivity index (χ2n) is 8.88. The van der Waals surface area contributed by atoms with Crippen molar-refractivity contribution in [1.29, 1.82) is 0 Å². The highest BCUT2D eigenvalue weighted by Crippen LogP contribution is 2.37. The summed E-state index contributed by atoms with van der Waals surface area (Å²) in [6.07, 6.45) is 21.5. The van der Waals surface area contributed by atoms with Gasteiger partial charge < -0.3 is 26.0 Å². The monoisotopic (exact) mass is 476 g/mol. The van der Waals surface area contributed by atoms with Crippen LogP contribution in [0.15, 0.2) is 24.3 Å². The quantitative estimate of drug-likeness (QED) is 0.0529. The van der Waals surface area contributed by atoms with E-state index in [-0.39, 0.29) is 18.0 Å². The molecular formula is C27H44N2O5. The van der Waals surface area contributed by atoms with Gasteiger partial charge in [-0.25, -0.2) is 0 Å². The fourth-order valence-electron chi connectivity index (χ4n) is 3.69. The molecule has 0 aliphatic carbocycles. The molecule has 1 aromatic rings. The van der Waals surface area contributed by atoms with Crippen molar-refractivity contribution in [2.24, 2.45) is 0 Å². The maximum atomic E-state index is 11.9. The van der Waals surface area contributed by atoms with Crippen molar-refractivity contribution in [3.05, 3.63) is 24.3 Å². The highest BCUT2D eigenvalue weighted by atomic mass is 16.3. The highest BCUT2D eigenvalue weighted by Gasteiger charge is 2.12. The first-order valence-electron chi connectivity index (χ1n) is 12.9. The van der Waals surface area contributed by atoms with E-state index in [1.165, 1.54) is 64.2 Å². The Morgan fingerprint density at radius 2 is 1.24 bits per heavy atom. The van der Waals surface area contributed by atoms with Crippen LogP contribution in [0.1, 0.15) is 103 Å². The number of nitrogens with one attached hydrogen (secondary N) is 2. The lowest BCUT2D eigenvalue weighted by Crippen LogP contribution is -2.28. The number of carbonyl (C=O) groups excluding carboxylic acids is 2. The Bertz CT molecular complexity index is 726. The van der Waals surface area contributed by atoms with E-state index in [9.17, 15) is 24.9 Å². The molecule has 0 heterocycles. The normalized spacial score (nSPS) is 11.1. The maximum Gasteiger partial charge on any atom is 0.233 e. The van der Waals surface area contributed by atoms with Crippen LogP contribution in [0.3, 0.4) is 0 Å². The zero-order chi connectivity index (χ0) is 25.0. The summed E-state index contributed by atoms with van der Waals surface area (Å²) in [5.74, 6) is -2.72. The second-order valence-corrected chi connectivity index (χ2v) is 8.88. The number of phenols is 3. The van der Waals surface area contributed by atoms with Gasteiger partial charge in [0.05, 0.1) is 0 Å². The second kappa shape index (κ2) is 18.7. The summed E-state index contributed by atoms with van der Waals surface area (Å²) in [7, 11) is 0. The van der Waals surface area contributed by atoms with Gasteiger partial charge in [-0.05, 0) is 32.1 Å². The number of unbranched alkanes of at least 4 members (excludes halogenated alkanes) is 12. The lowest BCUT2D eigenvalue weighted by molar-refractivity contribution is -0.126. The van der Waals surface area contributed by atoms with E-state index < -0.39 is 23.2 Å². The Kier molecular flexibility index (Phi) is 16.1. The fourth-order valence-corrected chi connectivity index (χ4v) is 3.69. The molecule has 1 rings (SSSR count). The standard InChI is InChI=1S/C27H44N2O5/c1-2-3-4-5-6-7-8-9-10-11-12-13-14-15-16-17-18-28-25(32)21-26(33)29-22-19-23(30)27(34)24(31)20-22/h9-10,19-20,30-31,34H,2-8,11-18,21H2,1H3,(H,28,32)(H,29,33)/b10-9-. The topological polar surface area (TPSA) is 119 Å². The van der Waals surface area contributed by atoms with E-state index in [0.29, 0.717) is 6.54 Å². The third-order valence-corrected chi connectivity index (χ3v) is 5.69.